The van der Waals surface area contributed by atoms with Gasteiger partial charge in [0, 0.05) is 40.3 Å². The molecular weight excluding hydrogens is 430 g/mol. The zero-order valence-corrected chi connectivity index (χ0v) is 24.8. The Bertz CT molecular complexity index is 557. The zero-order valence-electron chi connectivity index (χ0n) is 24.8. The minimum absolute atomic E-state index is 0.222. The Morgan fingerprint density at radius 1 is 0.600 bits per heavy atom. The first-order valence-corrected chi connectivity index (χ1v) is 15.0. The van der Waals surface area contributed by atoms with Crippen molar-refractivity contribution in [3.05, 3.63) is 0 Å². The van der Waals surface area contributed by atoms with Crippen LogP contribution in [0.4, 0.5) is 0 Å². The fourth-order valence-corrected chi connectivity index (χ4v) is 8.03. The van der Waals surface area contributed by atoms with Crippen molar-refractivity contribution in [3.8, 4) is 0 Å². The molecule has 3 fully saturated rings. The zero-order chi connectivity index (χ0) is 25.7. The molecule has 1 saturated carbocycles. The highest BCUT2D eigenvalue weighted by molar-refractivity contribution is 5.00. The van der Waals surface area contributed by atoms with Crippen LogP contribution in [0, 0.1) is 0 Å². The second kappa shape index (κ2) is 12.1. The molecule has 2 saturated heterocycles. The van der Waals surface area contributed by atoms with Crippen LogP contribution in [-0.2, 0) is 0 Å². The van der Waals surface area contributed by atoms with Crippen molar-refractivity contribution in [2.75, 3.05) is 26.2 Å². The molecule has 5 nitrogen and oxygen atoms in total. The van der Waals surface area contributed by atoms with Crippen molar-refractivity contribution < 1.29 is 0 Å². The summed E-state index contributed by atoms with van der Waals surface area (Å²) in [5, 5.41) is 15.5. The third-order valence-electron chi connectivity index (χ3n) is 8.58. The maximum atomic E-state index is 3.93. The van der Waals surface area contributed by atoms with Crippen LogP contribution in [0.3, 0.4) is 0 Å². The Morgan fingerprint density at radius 3 is 1.34 bits per heavy atom. The maximum Gasteiger partial charge on any atom is 0.0144 e. The predicted octanol–water partition coefficient (Wildman–Crippen LogP) is 5.20. The fraction of sp³-hybridized carbons (Fsp3) is 1.00. The van der Waals surface area contributed by atoms with E-state index in [2.05, 4.69) is 81.6 Å². The van der Waals surface area contributed by atoms with Gasteiger partial charge in [-0.3, -0.25) is 0 Å². The Kier molecular flexibility index (Phi) is 10.2. The molecule has 0 unspecified atom stereocenters. The molecule has 4 N–H and O–H groups in total. The van der Waals surface area contributed by atoms with E-state index in [9.17, 15) is 0 Å². The molecule has 35 heavy (non-hydrogen) atoms. The van der Waals surface area contributed by atoms with Gasteiger partial charge >= 0.3 is 0 Å². The van der Waals surface area contributed by atoms with Crippen molar-refractivity contribution >= 4 is 0 Å². The number of nitrogens with zero attached hydrogens (tertiary/aromatic N) is 1. The lowest BCUT2D eigenvalue weighted by molar-refractivity contribution is 0.133. The van der Waals surface area contributed by atoms with E-state index in [-0.39, 0.29) is 22.2 Å². The molecule has 0 aromatic rings. The smallest absolute Gasteiger partial charge is 0.0144 e. The molecule has 2 heterocycles. The molecule has 0 atom stereocenters. The summed E-state index contributed by atoms with van der Waals surface area (Å²) in [5.41, 5.74) is 0.886. The van der Waals surface area contributed by atoms with Gasteiger partial charge in [0.05, 0.1) is 0 Å². The average molecular weight is 492 g/mol. The van der Waals surface area contributed by atoms with Gasteiger partial charge in [0.15, 0.2) is 0 Å². The quantitative estimate of drug-likeness (QED) is 0.299. The second-order valence-corrected chi connectivity index (χ2v) is 14.9. The number of nitrogens with one attached hydrogen (secondary N) is 4. The van der Waals surface area contributed by atoms with E-state index in [0.29, 0.717) is 12.1 Å². The molecule has 3 rings (SSSR count). The highest BCUT2D eigenvalue weighted by Crippen LogP contribution is 2.30. The Balaban J connectivity index is 1.41. The Labute approximate surface area is 218 Å². The molecule has 2 aliphatic heterocycles. The molecular formula is C30H61N5. The number of hydrogen-bond acceptors (Lipinski definition) is 5. The monoisotopic (exact) mass is 491 g/mol. The van der Waals surface area contributed by atoms with Crippen LogP contribution in [0.15, 0.2) is 0 Å². The predicted molar refractivity (Wildman–Crippen MR) is 152 cm³/mol. The molecule has 3 aliphatic rings. The lowest BCUT2D eigenvalue weighted by atomic mass is 9.79. The summed E-state index contributed by atoms with van der Waals surface area (Å²) in [4.78, 5) is 2.86. The van der Waals surface area contributed by atoms with Crippen molar-refractivity contribution in [1.29, 1.82) is 0 Å². The largest absolute Gasteiger partial charge is 0.314 e. The molecule has 0 bridgehead atoms. The summed E-state index contributed by atoms with van der Waals surface area (Å²) >= 11 is 0. The van der Waals surface area contributed by atoms with Crippen LogP contribution < -0.4 is 21.3 Å². The molecule has 0 aromatic heterocycles. The first-order chi connectivity index (χ1) is 16.2. The van der Waals surface area contributed by atoms with Crippen LogP contribution in [0.2, 0.25) is 0 Å². The number of rotatable bonds is 11. The minimum Gasteiger partial charge on any atom is -0.314 e. The van der Waals surface area contributed by atoms with Gasteiger partial charge in [0.2, 0.25) is 0 Å². The van der Waals surface area contributed by atoms with Crippen LogP contribution >= 0.6 is 0 Å². The summed E-state index contributed by atoms with van der Waals surface area (Å²) in [5.74, 6) is 0. The minimum atomic E-state index is 0.222. The summed E-state index contributed by atoms with van der Waals surface area (Å²) in [6.07, 6.45) is 14.5. The third-order valence-corrected chi connectivity index (χ3v) is 8.58. The molecule has 206 valence electrons. The first kappa shape index (κ1) is 29.4. The molecule has 0 amide bonds. The van der Waals surface area contributed by atoms with Crippen molar-refractivity contribution in [2.24, 2.45) is 0 Å². The topological polar surface area (TPSA) is 51.4 Å². The van der Waals surface area contributed by atoms with Crippen LogP contribution in [0.25, 0.3) is 0 Å². The Hall–Kier alpha value is -0.200. The third kappa shape index (κ3) is 10.2. The van der Waals surface area contributed by atoms with E-state index in [1.807, 2.05) is 0 Å². The second-order valence-electron chi connectivity index (χ2n) is 14.9. The van der Waals surface area contributed by atoms with Crippen LogP contribution in [0.5, 0.6) is 0 Å². The molecule has 5 heteroatoms. The van der Waals surface area contributed by atoms with Crippen molar-refractivity contribution in [1.82, 2.24) is 26.2 Å². The molecule has 0 aromatic carbocycles. The maximum absolute atomic E-state index is 3.93. The summed E-state index contributed by atoms with van der Waals surface area (Å²) in [6.45, 7) is 23.6. The van der Waals surface area contributed by atoms with Gasteiger partial charge < -0.3 is 26.2 Å². The van der Waals surface area contributed by atoms with Gasteiger partial charge in [0.25, 0.3) is 0 Å². The highest BCUT2D eigenvalue weighted by Gasteiger charge is 2.38. The van der Waals surface area contributed by atoms with Gasteiger partial charge in [0.1, 0.15) is 0 Å². The summed E-state index contributed by atoms with van der Waals surface area (Å²) in [6, 6.07) is 2.08. The van der Waals surface area contributed by atoms with Crippen LogP contribution in [0.1, 0.15) is 126 Å². The van der Waals surface area contributed by atoms with E-state index in [0.717, 1.165) is 19.1 Å². The summed E-state index contributed by atoms with van der Waals surface area (Å²) in [7, 11) is 0. The molecule has 0 radical (unpaired) electrons. The SMILES string of the molecule is CC1(C)CC(NCCCN(CCCNC2CC(C)(C)NC(C)(C)C2)C2CCCCC2)CC(C)(C)N1. The van der Waals surface area contributed by atoms with Crippen LogP contribution in [-0.4, -0.2) is 71.4 Å². The normalized spacial score (nSPS) is 27.3. The van der Waals surface area contributed by atoms with Gasteiger partial charge in [-0.1, -0.05) is 19.3 Å². The van der Waals surface area contributed by atoms with Gasteiger partial charge in [-0.05, 0) is 133 Å². The van der Waals surface area contributed by atoms with E-state index in [1.165, 1.54) is 83.7 Å². The van der Waals surface area contributed by atoms with Crippen molar-refractivity contribution in [2.45, 2.75) is 166 Å². The molecule has 0 spiro atoms. The fourth-order valence-electron chi connectivity index (χ4n) is 8.03. The van der Waals surface area contributed by atoms with E-state index in [1.54, 1.807) is 0 Å². The molecule has 1 aliphatic carbocycles. The van der Waals surface area contributed by atoms with E-state index in [4.69, 9.17) is 0 Å². The van der Waals surface area contributed by atoms with Gasteiger partial charge in [-0.25, -0.2) is 0 Å². The average Bonchev–Trinajstić information content (AvgIpc) is 2.68. The standard InChI is InChI=1S/C30H61N5/c1-27(2)20-24(21-28(3,4)33-27)31-16-12-18-35(26-14-10-9-11-15-26)19-13-17-32-25-22-29(5,6)34-30(7,8)23-25/h24-26,31-34H,9-23H2,1-8H3. The van der Waals surface area contributed by atoms with E-state index >= 15 is 0 Å². The number of hydrogen-bond donors (Lipinski definition) is 4. The summed E-state index contributed by atoms with van der Waals surface area (Å²) < 4.78 is 0. The van der Waals surface area contributed by atoms with E-state index < -0.39 is 0 Å². The lowest BCUT2D eigenvalue weighted by Gasteiger charge is -2.47. The van der Waals surface area contributed by atoms with Gasteiger partial charge in [-0.2, -0.15) is 0 Å². The lowest BCUT2D eigenvalue weighted by Crippen LogP contribution is -2.61. The van der Waals surface area contributed by atoms with Gasteiger partial charge in [-0.15, -0.1) is 0 Å². The number of piperidine rings is 2. The van der Waals surface area contributed by atoms with Crippen molar-refractivity contribution in [3.63, 3.8) is 0 Å². The Morgan fingerprint density at radius 2 is 0.971 bits per heavy atom. The highest BCUT2D eigenvalue weighted by atomic mass is 15.2. The first-order valence-electron chi connectivity index (χ1n) is 15.0.